The summed E-state index contributed by atoms with van der Waals surface area (Å²) in [7, 11) is 6.80. The Bertz CT molecular complexity index is 1310. The predicted molar refractivity (Wildman–Crippen MR) is 145 cm³/mol. The number of nitrogens with one attached hydrogen (secondary N) is 1. The minimum absolute atomic E-state index is 0.230. The molecular weight excluding hydrogens is 503 g/mol. The average Bonchev–Trinajstić information content (AvgIpc) is 2.85. The number of rotatable bonds is 10. The fourth-order valence-corrected chi connectivity index (χ4v) is 5.09. The molecule has 0 atom stereocenters. The van der Waals surface area contributed by atoms with Gasteiger partial charge in [0.05, 0.1) is 29.8 Å². The molecule has 36 heavy (non-hydrogen) atoms. The molecule has 192 valence electrons. The van der Waals surface area contributed by atoms with Gasteiger partial charge in [-0.05, 0) is 13.1 Å². The highest BCUT2D eigenvalue weighted by Crippen LogP contribution is 2.45. The van der Waals surface area contributed by atoms with Gasteiger partial charge in [0, 0.05) is 69.0 Å². The third kappa shape index (κ3) is 4.88. The van der Waals surface area contributed by atoms with Crippen LogP contribution in [0.25, 0.3) is 22.2 Å². The molecule has 1 saturated heterocycles. The first kappa shape index (κ1) is 26.2. The zero-order valence-corrected chi connectivity index (χ0v) is 22.4. The number of benzene rings is 1. The van der Waals surface area contributed by atoms with E-state index in [1.54, 1.807) is 29.9 Å². The maximum atomic E-state index is 13.9. The van der Waals surface area contributed by atoms with Crippen molar-refractivity contribution in [1.29, 1.82) is 0 Å². The predicted octanol–water partition coefficient (Wildman–Crippen LogP) is 3.63. The quantitative estimate of drug-likeness (QED) is 0.396. The van der Waals surface area contributed by atoms with Crippen LogP contribution in [0.5, 0.6) is 11.5 Å². The Kier molecular flexibility index (Phi) is 8.04. The van der Waals surface area contributed by atoms with Gasteiger partial charge in [-0.25, -0.2) is 4.98 Å². The van der Waals surface area contributed by atoms with Crippen molar-refractivity contribution in [2.75, 3.05) is 59.8 Å². The van der Waals surface area contributed by atoms with E-state index in [2.05, 4.69) is 38.7 Å². The highest BCUT2D eigenvalue weighted by molar-refractivity contribution is 6.41. The Morgan fingerprint density at radius 1 is 1.22 bits per heavy atom. The molecule has 0 aliphatic carbocycles. The standard InChI is InChI=1S/C25H30Cl2N6O3/c1-6-7-32-13-16(14-32)31(3)8-9-33-23-15(12-29-25(28-2)30-23)10-17(24(33)34)20-21(26)18(35-4)11-19(36-5)22(20)27/h6,10-12,16H,1,7-9,13-14H2,2-5H3,(H,28,29,30). The molecule has 0 unspecified atom stereocenters. The van der Waals surface area contributed by atoms with E-state index in [-0.39, 0.29) is 15.6 Å². The zero-order chi connectivity index (χ0) is 26.0. The van der Waals surface area contributed by atoms with Crippen LogP contribution in [0.4, 0.5) is 5.95 Å². The summed E-state index contributed by atoms with van der Waals surface area (Å²) in [6, 6.07) is 3.73. The number of aromatic nitrogens is 3. The lowest BCUT2D eigenvalue weighted by Gasteiger charge is -2.43. The van der Waals surface area contributed by atoms with Crippen LogP contribution in [0, 0.1) is 0 Å². The molecule has 3 heterocycles. The zero-order valence-electron chi connectivity index (χ0n) is 20.8. The minimum atomic E-state index is -0.266. The molecule has 0 amide bonds. The largest absolute Gasteiger partial charge is 0.495 e. The molecule has 0 bridgehead atoms. The van der Waals surface area contributed by atoms with E-state index in [4.69, 9.17) is 32.7 Å². The molecule has 1 aromatic carbocycles. The summed E-state index contributed by atoms with van der Waals surface area (Å²) in [5.74, 6) is 1.14. The van der Waals surface area contributed by atoms with Gasteiger partial charge in [0.2, 0.25) is 5.95 Å². The van der Waals surface area contributed by atoms with Crippen molar-refractivity contribution >= 4 is 40.2 Å². The van der Waals surface area contributed by atoms with E-state index in [1.165, 1.54) is 14.2 Å². The van der Waals surface area contributed by atoms with Crippen LogP contribution < -0.4 is 20.3 Å². The van der Waals surface area contributed by atoms with Gasteiger partial charge < -0.3 is 14.8 Å². The Morgan fingerprint density at radius 3 is 2.47 bits per heavy atom. The number of fused-ring (bicyclic) bond motifs is 1. The van der Waals surface area contributed by atoms with E-state index < -0.39 is 0 Å². The Balaban J connectivity index is 1.80. The van der Waals surface area contributed by atoms with Gasteiger partial charge in [0.1, 0.15) is 17.1 Å². The van der Waals surface area contributed by atoms with Crippen LogP contribution in [0.15, 0.2) is 35.8 Å². The van der Waals surface area contributed by atoms with Crippen molar-refractivity contribution in [3.8, 4) is 22.6 Å². The van der Waals surface area contributed by atoms with Gasteiger partial charge >= 0.3 is 0 Å². The van der Waals surface area contributed by atoms with E-state index in [9.17, 15) is 4.79 Å². The van der Waals surface area contributed by atoms with Gasteiger partial charge in [0.15, 0.2) is 0 Å². The molecule has 1 N–H and O–H groups in total. The van der Waals surface area contributed by atoms with Gasteiger partial charge in [-0.1, -0.05) is 29.3 Å². The van der Waals surface area contributed by atoms with Crippen LogP contribution in [0.1, 0.15) is 0 Å². The number of likely N-dealkylation sites (N-methyl/N-ethyl adjacent to an activating group) is 1. The molecular formula is C25H30Cl2N6O3. The van der Waals surface area contributed by atoms with Gasteiger partial charge in [-0.15, -0.1) is 6.58 Å². The number of hydrogen-bond donors (Lipinski definition) is 1. The molecule has 3 aromatic rings. The number of halogens is 2. The van der Waals surface area contributed by atoms with Crippen LogP contribution in [-0.2, 0) is 6.54 Å². The van der Waals surface area contributed by atoms with E-state index in [0.717, 1.165) is 19.6 Å². The molecule has 9 nitrogen and oxygen atoms in total. The number of methoxy groups -OCH3 is 2. The van der Waals surface area contributed by atoms with Crippen molar-refractivity contribution in [3.63, 3.8) is 0 Å². The molecule has 4 rings (SSSR count). The number of pyridine rings is 1. The fourth-order valence-electron chi connectivity index (χ4n) is 4.38. The van der Waals surface area contributed by atoms with E-state index >= 15 is 0 Å². The molecule has 1 fully saturated rings. The highest BCUT2D eigenvalue weighted by atomic mass is 35.5. The van der Waals surface area contributed by atoms with Crippen LogP contribution in [-0.4, -0.2) is 84.9 Å². The van der Waals surface area contributed by atoms with Gasteiger partial charge in [0.25, 0.3) is 5.56 Å². The first-order chi connectivity index (χ1) is 17.3. The van der Waals surface area contributed by atoms with Crippen LogP contribution in [0.2, 0.25) is 10.0 Å². The van der Waals surface area contributed by atoms with E-state index in [1.807, 2.05) is 6.08 Å². The normalized spacial score (nSPS) is 14.2. The summed E-state index contributed by atoms with van der Waals surface area (Å²) >= 11 is 13.3. The summed E-state index contributed by atoms with van der Waals surface area (Å²) < 4.78 is 12.5. The summed E-state index contributed by atoms with van der Waals surface area (Å²) in [6.07, 6.45) is 3.59. The third-order valence-corrected chi connectivity index (χ3v) is 7.27. The Labute approximate surface area is 220 Å². The maximum absolute atomic E-state index is 13.9. The van der Waals surface area contributed by atoms with Gasteiger partial charge in [-0.2, -0.15) is 4.98 Å². The SMILES string of the molecule is C=CCN1CC(N(C)CCn2c(=O)c(-c3c(Cl)c(OC)cc(OC)c3Cl)cc3cnc(NC)nc32)C1. The number of anilines is 1. The topological polar surface area (TPSA) is 84.8 Å². The van der Waals surface area contributed by atoms with E-state index in [0.29, 0.717) is 58.7 Å². The lowest BCUT2D eigenvalue weighted by atomic mass is 10.0. The Hall–Kier alpha value is -2.85. The molecule has 0 radical (unpaired) electrons. The number of likely N-dealkylation sites (tertiary alicyclic amines) is 1. The number of hydrogen-bond acceptors (Lipinski definition) is 8. The lowest BCUT2D eigenvalue weighted by molar-refractivity contribution is 0.0569. The summed E-state index contributed by atoms with van der Waals surface area (Å²) in [4.78, 5) is 27.4. The molecule has 0 spiro atoms. The summed E-state index contributed by atoms with van der Waals surface area (Å²) in [5.41, 5.74) is 0.928. The monoisotopic (exact) mass is 532 g/mol. The number of nitrogens with zero attached hydrogens (tertiary/aromatic N) is 5. The van der Waals surface area contributed by atoms with Crippen LogP contribution >= 0.6 is 23.2 Å². The van der Waals surface area contributed by atoms with Crippen LogP contribution in [0.3, 0.4) is 0 Å². The first-order valence-electron chi connectivity index (χ1n) is 11.5. The Morgan fingerprint density at radius 2 is 1.89 bits per heavy atom. The second-order valence-electron chi connectivity index (χ2n) is 8.66. The second kappa shape index (κ2) is 11.0. The molecule has 11 heteroatoms. The minimum Gasteiger partial charge on any atom is -0.495 e. The molecule has 1 aliphatic rings. The van der Waals surface area contributed by atoms with Crippen molar-refractivity contribution in [2.24, 2.45) is 0 Å². The van der Waals surface area contributed by atoms with Crippen molar-refractivity contribution in [1.82, 2.24) is 24.3 Å². The van der Waals surface area contributed by atoms with Gasteiger partial charge in [-0.3, -0.25) is 19.2 Å². The van der Waals surface area contributed by atoms with Crippen molar-refractivity contribution in [2.45, 2.75) is 12.6 Å². The summed E-state index contributed by atoms with van der Waals surface area (Å²) in [6.45, 7) is 7.71. The third-order valence-electron chi connectivity index (χ3n) is 6.52. The molecule has 1 aliphatic heterocycles. The molecule has 0 saturated carbocycles. The highest BCUT2D eigenvalue weighted by Gasteiger charge is 2.29. The first-order valence-corrected chi connectivity index (χ1v) is 12.3. The second-order valence-corrected chi connectivity index (χ2v) is 9.42. The number of ether oxygens (including phenoxy) is 2. The fraction of sp³-hybridized carbons (Fsp3) is 0.400. The maximum Gasteiger partial charge on any atom is 0.260 e. The molecule has 2 aromatic heterocycles. The summed E-state index contributed by atoms with van der Waals surface area (Å²) in [5, 5.41) is 4.08. The van der Waals surface area contributed by atoms with Crippen molar-refractivity contribution in [3.05, 3.63) is 51.4 Å². The smallest absolute Gasteiger partial charge is 0.260 e. The van der Waals surface area contributed by atoms with Crippen molar-refractivity contribution < 1.29 is 9.47 Å². The average molecular weight is 533 g/mol. The lowest BCUT2D eigenvalue weighted by Crippen LogP contribution is -2.58.